The predicted molar refractivity (Wildman–Crippen MR) is 163 cm³/mol. The molecule has 1 saturated carbocycles. The third kappa shape index (κ3) is 7.78. The fourth-order valence-corrected chi connectivity index (χ4v) is 5.45. The molecule has 0 bridgehead atoms. The first-order valence-corrected chi connectivity index (χ1v) is 14.6. The lowest BCUT2D eigenvalue weighted by atomic mass is 9.98. The van der Waals surface area contributed by atoms with Crippen LogP contribution in [0.25, 0.3) is 0 Å². The first-order chi connectivity index (χ1) is 20.9. The largest absolute Gasteiger partial charge is 0.508 e. The number of rotatable bonds is 12. The first-order valence-electron chi connectivity index (χ1n) is 14.6. The minimum Gasteiger partial charge on any atom is -0.508 e. The third-order valence-electron chi connectivity index (χ3n) is 7.72. The highest BCUT2D eigenvalue weighted by Gasteiger charge is 2.44. The fourth-order valence-electron chi connectivity index (χ4n) is 5.45. The lowest BCUT2D eigenvalue weighted by molar-refractivity contribution is -0.157. The van der Waals surface area contributed by atoms with Crippen molar-refractivity contribution in [3.8, 4) is 5.75 Å². The van der Waals surface area contributed by atoms with Crippen molar-refractivity contribution in [1.82, 2.24) is 30.7 Å². The quantitative estimate of drug-likeness (QED) is 0.192. The van der Waals surface area contributed by atoms with Gasteiger partial charge in [0.05, 0.1) is 13.1 Å². The number of piperazine rings is 1. The van der Waals surface area contributed by atoms with Crippen LogP contribution in [-0.4, -0.2) is 69.6 Å². The van der Waals surface area contributed by atoms with Gasteiger partial charge in [-0.1, -0.05) is 54.6 Å². The number of hydrogen-bond acceptors (Lipinski definition) is 6. The number of hydrogen-bond donors (Lipinski definition) is 4. The molecule has 224 valence electrons. The number of phenolic OH excluding ortho intramolecular Hbond substituents is 1. The van der Waals surface area contributed by atoms with E-state index in [0.29, 0.717) is 25.6 Å². The van der Waals surface area contributed by atoms with Gasteiger partial charge in [0.1, 0.15) is 18.0 Å². The first kappa shape index (κ1) is 29.8. The highest BCUT2D eigenvalue weighted by Crippen LogP contribution is 2.40. The molecule has 4 N–H and O–H groups in total. The van der Waals surface area contributed by atoms with Crippen molar-refractivity contribution in [2.45, 2.75) is 50.5 Å². The molecule has 1 aliphatic heterocycles. The molecule has 2 fully saturated rings. The Labute approximate surface area is 251 Å². The molecule has 1 aliphatic carbocycles. The summed E-state index contributed by atoms with van der Waals surface area (Å²) in [7, 11) is 0. The molecule has 1 aromatic heterocycles. The van der Waals surface area contributed by atoms with E-state index < -0.39 is 18.2 Å². The molecule has 0 spiro atoms. The maximum atomic E-state index is 14.2. The van der Waals surface area contributed by atoms with Gasteiger partial charge >= 0.3 is 6.03 Å². The minimum atomic E-state index is -0.878. The summed E-state index contributed by atoms with van der Waals surface area (Å²) in [5.74, 6) is -0.0122. The Morgan fingerprint density at radius 3 is 2.51 bits per heavy atom. The van der Waals surface area contributed by atoms with Gasteiger partial charge in [-0.15, -0.1) is 6.58 Å². The van der Waals surface area contributed by atoms with Gasteiger partial charge in [0.15, 0.2) is 0 Å². The van der Waals surface area contributed by atoms with E-state index in [9.17, 15) is 19.5 Å². The van der Waals surface area contributed by atoms with Crippen molar-refractivity contribution in [2.24, 2.45) is 0 Å². The SMILES string of the molecule is C=CCNCC(=O)N1[C@@H](NC(=O)NCc2ccccc2)CN(Cc2cccnc2C2CC2)C(=O)[C@@H]1Cc1ccc(O)cc1. The van der Waals surface area contributed by atoms with Crippen LogP contribution in [-0.2, 0) is 29.1 Å². The molecule has 0 radical (unpaired) electrons. The Morgan fingerprint density at radius 2 is 1.79 bits per heavy atom. The molecule has 10 heteroatoms. The number of aromatic hydroxyl groups is 1. The maximum Gasteiger partial charge on any atom is 0.316 e. The second-order valence-corrected chi connectivity index (χ2v) is 11.0. The Hall–Kier alpha value is -4.70. The molecule has 2 aliphatic rings. The summed E-state index contributed by atoms with van der Waals surface area (Å²) >= 11 is 0. The van der Waals surface area contributed by atoms with Gasteiger partial charge in [0.2, 0.25) is 11.8 Å². The zero-order valence-corrected chi connectivity index (χ0v) is 24.1. The standard InChI is InChI=1S/C33H38N6O4/c1-2-16-34-20-30(41)39-28(18-23-10-14-27(40)15-11-23)32(42)38(21-26-9-6-17-35-31(26)25-12-13-25)22-29(39)37-33(43)36-19-24-7-4-3-5-8-24/h2-11,14-15,17,25,28-29,34,40H,1,12-13,16,18-22H2,(H2,36,37,43)/t28-,29+/m0/s1. The molecular formula is C33H38N6O4. The second kappa shape index (κ2) is 14.0. The molecule has 2 aromatic carbocycles. The van der Waals surface area contributed by atoms with E-state index in [1.54, 1.807) is 41.4 Å². The average molecular weight is 583 g/mol. The molecule has 0 unspecified atom stereocenters. The van der Waals surface area contributed by atoms with Crippen molar-refractivity contribution < 1.29 is 19.5 Å². The number of benzene rings is 2. The van der Waals surface area contributed by atoms with Crippen molar-refractivity contribution >= 4 is 17.8 Å². The van der Waals surface area contributed by atoms with Crippen molar-refractivity contribution in [1.29, 1.82) is 0 Å². The van der Waals surface area contributed by atoms with E-state index in [-0.39, 0.29) is 37.1 Å². The van der Waals surface area contributed by atoms with Crippen LogP contribution in [0.2, 0.25) is 0 Å². The van der Waals surface area contributed by atoms with Crippen LogP contribution in [0.3, 0.4) is 0 Å². The number of pyridine rings is 1. The van der Waals surface area contributed by atoms with E-state index in [1.165, 1.54) is 4.90 Å². The molecule has 2 heterocycles. The molecule has 3 aromatic rings. The van der Waals surface area contributed by atoms with Crippen molar-refractivity contribution in [2.75, 3.05) is 19.6 Å². The lowest BCUT2D eigenvalue weighted by Gasteiger charge is -2.46. The van der Waals surface area contributed by atoms with Gasteiger partial charge < -0.3 is 30.9 Å². The molecule has 1 saturated heterocycles. The topological polar surface area (TPSA) is 127 Å². The Bertz CT molecular complexity index is 1430. The zero-order valence-electron chi connectivity index (χ0n) is 24.1. The van der Waals surface area contributed by atoms with Gasteiger partial charge in [0, 0.05) is 43.9 Å². The summed E-state index contributed by atoms with van der Waals surface area (Å²) in [6, 6.07) is 18.7. The van der Waals surface area contributed by atoms with E-state index in [4.69, 9.17) is 0 Å². The summed E-state index contributed by atoms with van der Waals surface area (Å²) in [6.07, 6.45) is 5.02. The summed E-state index contributed by atoms with van der Waals surface area (Å²) < 4.78 is 0. The van der Waals surface area contributed by atoms with Gasteiger partial charge in [0.25, 0.3) is 0 Å². The van der Waals surface area contributed by atoms with Crippen molar-refractivity contribution in [3.63, 3.8) is 0 Å². The van der Waals surface area contributed by atoms with Crippen LogP contribution >= 0.6 is 0 Å². The summed E-state index contributed by atoms with van der Waals surface area (Å²) in [5.41, 5.74) is 3.69. The number of amides is 4. The summed E-state index contributed by atoms with van der Waals surface area (Å²) in [5, 5.41) is 18.7. The van der Waals surface area contributed by atoms with Crippen molar-refractivity contribution in [3.05, 3.63) is 108 Å². The lowest BCUT2D eigenvalue weighted by Crippen LogP contribution is -2.69. The number of urea groups is 1. The molecular weight excluding hydrogens is 544 g/mol. The normalized spacial score (nSPS) is 18.3. The Kier molecular flexibility index (Phi) is 9.68. The van der Waals surface area contributed by atoms with E-state index >= 15 is 0 Å². The minimum absolute atomic E-state index is 0.0242. The number of nitrogens with one attached hydrogen (secondary N) is 3. The average Bonchev–Trinajstić information content (AvgIpc) is 3.86. The maximum absolute atomic E-state index is 14.2. The van der Waals surface area contributed by atoms with Gasteiger partial charge in [-0.3, -0.25) is 14.6 Å². The van der Waals surface area contributed by atoms with Gasteiger partial charge in [-0.05, 0) is 47.7 Å². The smallest absolute Gasteiger partial charge is 0.316 e. The Balaban J connectivity index is 1.43. The number of phenols is 1. The van der Waals surface area contributed by atoms with Crippen LogP contribution in [0, 0.1) is 0 Å². The highest BCUT2D eigenvalue weighted by molar-refractivity contribution is 5.91. The van der Waals surface area contributed by atoms with E-state index in [2.05, 4.69) is 27.5 Å². The van der Waals surface area contributed by atoms with E-state index in [1.807, 2.05) is 42.5 Å². The van der Waals surface area contributed by atoms with Crippen LogP contribution in [0.15, 0.2) is 85.6 Å². The molecule has 2 atom stereocenters. The number of nitrogens with zero attached hydrogens (tertiary/aromatic N) is 3. The predicted octanol–water partition coefficient (Wildman–Crippen LogP) is 3.05. The monoisotopic (exact) mass is 582 g/mol. The second-order valence-electron chi connectivity index (χ2n) is 11.0. The van der Waals surface area contributed by atoms with Crippen LogP contribution in [0.5, 0.6) is 5.75 Å². The molecule has 4 amide bonds. The van der Waals surface area contributed by atoms with Crippen LogP contribution in [0.1, 0.15) is 41.1 Å². The van der Waals surface area contributed by atoms with Crippen LogP contribution in [0.4, 0.5) is 4.79 Å². The highest BCUT2D eigenvalue weighted by atomic mass is 16.3. The Morgan fingerprint density at radius 1 is 1.02 bits per heavy atom. The molecule has 5 rings (SSSR count). The molecule has 10 nitrogen and oxygen atoms in total. The van der Waals surface area contributed by atoms with Gasteiger partial charge in [-0.2, -0.15) is 0 Å². The summed E-state index contributed by atoms with van der Waals surface area (Å²) in [4.78, 5) is 48.9. The number of carbonyl (C=O) groups is 3. The van der Waals surface area contributed by atoms with E-state index in [0.717, 1.165) is 35.2 Å². The third-order valence-corrected chi connectivity index (χ3v) is 7.72. The zero-order chi connectivity index (χ0) is 30.2. The number of carbonyl (C=O) groups excluding carboxylic acids is 3. The fraction of sp³-hybridized carbons (Fsp3) is 0.333. The summed E-state index contributed by atoms with van der Waals surface area (Å²) in [6.45, 7) is 4.85. The number of aromatic nitrogens is 1. The van der Waals surface area contributed by atoms with Crippen LogP contribution < -0.4 is 16.0 Å². The molecule has 43 heavy (non-hydrogen) atoms. The van der Waals surface area contributed by atoms with Gasteiger partial charge in [-0.25, -0.2) is 4.79 Å².